The molecule has 0 saturated heterocycles. The fourth-order valence-electron chi connectivity index (χ4n) is 6.36. The maximum absolute atomic E-state index is 9.71. The number of aromatic nitrogens is 2. The van der Waals surface area contributed by atoms with Crippen molar-refractivity contribution in [2.45, 2.75) is 39.0 Å². The van der Waals surface area contributed by atoms with E-state index in [9.17, 15) is 10.5 Å². The summed E-state index contributed by atoms with van der Waals surface area (Å²) in [6.45, 7) is 9.34. The predicted octanol–water partition coefficient (Wildman–Crippen LogP) is 8.33. The predicted molar refractivity (Wildman–Crippen MR) is 188 cm³/mol. The number of nitriles is 2. The zero-order chi connectivity index (χ0) is 30.6. The molecule has 0 aliphatic carbocycles. The van der Waals surface area contributed by atoms with Gasteiger partial charge in [-0.1, -0.05) is 79.7 Å². The number of hydrogen-bond donors (Lipinski definition) is 0. The van der Waals surface area contributed by atoms with Crippen LogP contribution < -0.4 is 10.4 Å². The second-order valence-corrected chi connectivity index (χ2v) is 19.0. The van der Waals surface area contributed by atoms with E-state index in [0.29, 0.717) is 11.1 Å². The second kappa shape index (κ2) is 10.7. The Bertz CT molecular complexity index is 2340. The van der Waals surface area contributed by atoms with Crippen molar-refractivity contribution in [2.24, 2.45) is 0 Å². The minimum atomic E-state index is -1.54. The van der Waals surface area contributed by atoms with Gasteiger partial charge in [0.15, 0.2) is 0 Å². The fraction of sp³-hybridized carbons (Fsp3) is 0.158. The van der Waals surface area contributed by atoms with Gasteiger partial charge in [-0.2, -0.15) is 10.5 Å². The Morgan fingerprint density at radius 3 is 1.64 bits per heavy atom. The molecule has 4 nitrogen and oxygen atoms in total. The van der Waals surface area contributed by atoms with Crippen molar-refractivity contribution < 1.29 is 0 Å². The van der Waals surface area contributed by atoms with Crippen LogP contribution in [-0.2, 0) is 0 Å². The first-order valence-corrected chi connectivity index (χ1v) is 19.8. The van der Waals surface area contributed by atoms with Crippen LogP contribution in [0.15, 0.2) is 97.1 Å². The Morgan fingerprint density at radius 2 is 1.11 bits per heavy atom. The molecule has 7 aromatic rings. The van der Waals surface area contributed by atoms with E-state index < -0.39 is 8.07 Å². The van der Waals surface area contributed by atoms with Gasteiger partial charge in [0.1, 0.15) is 0 Å². The largest absolute Gasteiger partial charge is 0.309 e. The van der Waals surface area contributed by atoms with Crippen molar-refractivity contribution in [3.05, 3.63) is 108 Å². The molecule has 0 aliphatic rings. The van der Waals surface area contributed by atoms with Crippen LogP contribution in [0.2, 0.25) is 25.7 Å². The highest BCUT2D eigenvalue weighted by Crippen LogP contribution is 2.36. The van der Waals surface area contributed by atoms with Gasteiger partial charge in [-0.3, -0.25) is 0 Å². The third kappa shape index (κ3) is 4.55. The molecule has 2 radical (unpaired) electrons. The lowest BCUT2D eigenvalue weighted by Gasteiger charge is -2.17. The lowest BCUT2D eigenvalue weighted by atomic mass is 10.1. The molecule has 2 aromatic heterocycles. The molecular weight excluding hydrogens is 569 g/mol. The van der Waals surface area contributed by atoms with Gasteiger partial charge in [-0.15, -0.1) is 0 Å². The maximum atomic E-state index is 9.71. The molecule has 0 bridgehead atoms. The van der Waals surface area contributed by atoms with E-state index in [1.54, 1.807) is 0 Å². The summed E-state index contributed by atoms with van der Waals surface area (Å²) in [5.41, 5.74) is 7.93. The first kappa shape index (κ1) is 27.9. The lowest BCUT2D eigenvalue weighted by Crippen LogP contribution is -2.37. The van der Waals surface area contributed by atoms with Crippen LogP contribution >= 0.6 is 0 Å². The Balaban J connectivity index is 1.48. The molecule has 6 heteroatoms. The van der Waals surface area contributed by atoms with Crippen molar-refractivity contribution in [3.63, 3.8) is 0 Å². The zero-order valence-corrected chi connectivity index (χ0v) is 27.4. The zero-order valence-electron chi connectivity index (χ0n) is 25.4. The summed E-state index contributed by atoms with van der Waals surface area (Å²) < 4.78 is 4.65. The van der Waals surface area contributed by atoms with Crippen molar-refractivity contribution >= 4 is 71.6 Å². The summed E-state index contributed by atoms with van der Waals surface area (Å²) in [7, 11) is -0.769. The molecule has 2 heterocycles. The smallest absolute Gasteiger partial charge is 0.0991 e. The summed E-state index contributed by atoms with van der Waals surface area (Å²) in [5.74, 6) is 0. The first-order valence-electron chi connectivity index (χ1n) is 15.1. The molecule has 0 spiro atoms. The van der Waals surface area contributed by atoms with Crippen molar-refractivity contribution in [1.82, 2.24) is 9.13 Å². The summed E-state index contributed by atoms with van der Waals surface area (Å²) in [4.78, 5) is 0. The van der Waals surface area contributed by atoms with Crippen LogP contribution in [0.4, 0.5) is 0 Å². The SMILES string of the molecule is CCC[Si]c1ccc2c(c1)c1cc(C#N)ccc1n2-c1cccc(-n2c3ccc(C#N)cc3c3cc([Si](C)(C)C)ccc32)c1. The molecule has 212 valence electrons. The van der Waals surface area contributed by atoms with Crippen LogP contribution in [-0.4, -0.2) is 26.7 Å². The van der Waals surface area contributed by atoms with Crippen molar-refractivity contribution in [3.8, 4) is 23.5 Å². The second-order valence-electron chi connectivity index (χ2n) is 12.5. The average molecular weight is 601 g/mol. The molecule has 0 aliphatic heterocycles. The molecule has 0 N–H and O–H groups in total. The minimum Gasteiger partial charge on any atom is -0.309 e. The van der Waals surface area contributed by atoms with E-state index in [0.717, 1.165) is 53.7 Å². The Hall–Kier alpha value is -4.89. The topological polar surface area (TPSA) is 57.4 Å². The van der Waals surface area contributed by atoms with Crippen LogP contribution in [0.25, 0.3) is 55.0 Å². The number of nitrogens with zero attached hydrogens (tertiary/aromatic N) is 4. The molecule has 0 unspecified atom stereocenters. The fourth-order valence-corrected chi connectivity index (χ4v) is 8.51. The number of rotatable bonds is 6. The highest BCUT2D eigenvalue weighted by Gasteiger charge is 2.21. The Morgan fingerprint density at radius 1 is 0.614 bits per heavy atom. The maximum Gasteiger partial charge on any atom is 0.0991 e. The summed E-state index contributed by atoms with van der Waals surface area (Å²) in [5, 5.41) is 26.7. The van der Waals surface area contributed by atoms with E-state index in [1.165, 1.54) is 33.6 Å². The summed E-state index contributed by atoms with van der Waals surface area (Å²) in [6, 6.07) is 40.3. The quantitative estimate of drug-likeness (QED) is 0.180. The van der Waals surface area contributed by atoms with E-state index >= 15 is 0 Å². The first-order chi connectivity index (χ1) is 21.3. The van der Waals surface area contributed by atoms with Crippen LogP contribution in [0, 0.1) is 22.7 Å². The Labute approximate surface area is 261 Å². The Kier molecular flexibility index (Phi) is 6.78. The molecule has 44 heavy (non-hydrogen) atoms. The van der Waals surface area contributed by atoms with Gasteiger partial charge >= 0.3 is 0 Å². The van der Waals surface area contributed by atoms with Gasteiger partial charge in [-0.25, -0.2) is 0 Å². The molecule has 0 amide bonds. The monoisotopic (exact) mass is 600 g/mol. The van der Waals surface area contributed by atoms with Gasteiger partial charge in [0.05, 0.1) is 62.9 Å². The van der Waals surface area contributed by atoms with Gasteiger partial charge in [0.25, 0.3) is 0 Å². The summed E-state index contributed by atoms with van der Waals surface area (Å²) >= 11 is 0. The van der Waals surface area contributed by atoms with Crippen LogP contribution in [0.5, 0.6) is 0 Å². The van der Waals surface area contributed by atoms with Gasteiger partial charge in [0, 0.05) is 32.9 Å². The van der Waals surface area contributed by atoms with Crippen LogP contribution in [0.3, 0.4) is 0 Å². The molecular formula is C38H32N4Si2. The highest BCUT2D eigenvalue weighted by atomic mass is 28.3. The third-order valence-corrected chi connectivity index (χ3v) is 12.1. The average Bonchev–Trinajstić information content (AvgIpc) is 3.54. The van der Waals surface area contributed by atoms with E-state index in [4.69, 9.17) is 0 Å². The van der Waals surface area contributed by atoms with Gasteiger partial charge in [-0.05, 0) is 66.7 Å². The standard InChI is InChI=1S/C38H32N4Si2/c1-5-17-43-29-11-15-37-33(21-29)31-18-25(23-39)9-13-35(31)41(37)27-7-6-8-28(20-27)42-36-14-10-26(24-40)19-32(36)34-22-30(44(2,3)4)12-16-38(34)42/h6-16,18-22H,5,17H2,1-4H3. The highest BCUT2D eigenvalue weighted by molar-refractivity contribution is 6.88. The van der Waals surface area contributed by atoms with Crippen molar-refractivity contribution in [2.75, 3.05) is 0 Å². The molecule has 7 rings (SSSR count). The molecule has 0 fully saturated rings. The lowest BCUT2D eigenvalue weighted by molar-refractivity contribution is 1.08. The minimum absolute atomic E-state index is 0.671. The van der Waals surface area contributed by atoms with Crippen molar-refractivity contribution in [1.29, 1.82) is 10.5 Å². The number of hydrogen-bond acceptors (Lipinski definition) is 2. The number of benzene rings is 5. The number of fused-ring (bicyclic) bond motifs is 6. The third-order valence-electron chi connectivity index (χ3n) is 8.58. The van der Waals surface area contributed by atoms with Gasteiger partial charge in [0.2, 0.25) is 0 Å². The normalized spacial score (nSPS) is 11.9. The van der Waals surface area contributed by atoms with E-state index in [-0.39, 0.29) is 0 Å². The van der Waals surface area contributed by atoms with Crippen LogP contribution in [0.1, 0.15) is 24.5 Å². The molecule has 5 aromatic carbocycles. The van der Waals surface area contributed by atoms with E-state index in [1.807, 2.05) is 24.3 Å². The van der Waals surface area contributed by atoms with E-state index in [2.05, 4.69) is 121 Å². The summed E-state index contributed by atoms with van der Waals surface area (Å²) in [6.07, 6.45) is 1.17. The molecule has 0 atom stereocenters. The molecule has 0 saturated carbocycles. The van der Waals surface area contributed by atoms with Gasteiger partial charge < -0.3 is 9.13 Å².